The van der Waals surface area contributed by atoms with Crippen LogP contribution >= 0.6 is 0 Å². The van der Waals surface area contributed by atoms with Crippen molar-refractivity contribution in [2.45, 2.75) is 0 Å². The topological polar surface area (TPSA) is 98.7 Å². The largest absolute Gasteiger partial charge is 0.394 e. The van der Waals surface area contributed by atoms with E-state index in [2.05, 4.69) is 10.9 Å². The van der Waals surface area contributed by atoms with Gasteiger partial charge in [0.2, 0.25) is 0 Å². The van der Waals surface area contributed by atoms with Crippen LogP contribution in [-0.4, -0.2) is 31.6 Å². The normalized spacial score (nSPS) is 9.78. The molecule has 6 nitrogen and oxygen atoms in total. The van der Waals surface area contributed by atoms with Crippen molar-refractivity contribution in [2.75, 3.05) is 14.1 Å². The third kappa shape index (κ3) is 418. The third-order valence-electron chi connectivity index (χ3n) is 0.250. The maximum absolute atomic E-state index is 8.74. The molecule has 58 valence electrons. The van der Waals surface area contributed by atoms with Crippen LogP contribution in [0.25, 0.3) is 0 Å². The van der Waals surface area contributed by atoms with E-state index in [9.17, 15) is 0 Å². The first-order valence-corrected chi connectivity index (χ1v) is 3.35. The molecule has 0 aromatic heterocycles. The standard InChI is InChI=1S/C2H8N2.H2O4S/c1-3-4-2;1-5(2,3)4/h3-4H,1-2H3;(H2,1,2,3,4). The van der Waals surface area contributed by atoms with Crippen LogP contribution in [0.15, 0.2) is 0 Å². The van der Waals surface area contributed by atoms with Crippen molar-refractivity contribution in [2.24, 2.45) is 0 Å². The SMILES string of the molecule is CNNC.O=S(=O)(O)O. The van der Waals surface area contributed by atoms with Gasteiger partial charge in [-0.15, -0.1) is 0 Å². The van der Waals surface area contributed by atoms with Gasteiger partial charge in [-0.1, -0.05) is 0 Å². The fourth-order valence-corrected chi connectivity index (χ4v) is 0. The van der Waals surface area contributed by atoms with Crippen LogP contribution in [0.4, 0.5) is 0 Å². The zero-order valence-corrected chi connectivity index (χ0v) is 5.94. The molecule has 0 aliphatic heterocycles. The number of hydrogen-bond acceptors (Lipinski definition) is 4. The van der Waals surface area contributed by atoms with Crippen molar-refractivity contribution in [1.29, 1.82) is 0 Å². The molecule has 0 saturated carbocycles. The van der Waals surface area contributed by atoms with Crippen molar-refractivity contribution in [3.63, 3.8) is 0 Å². The summed E-state index contributed by atoms with van der Waals surface area (Å²) in [5, 5.41) is 0. The molecule has 0 fully saturated rings. The molecule has 0 bridgehead atoms. The minimum atomic E-state index is -4.67. The zero-order valence-electron chi connectivity index (χ0n) is 5.12. The van der Waals surface area contributed by atoms with E-state index in [-0.39, 0.29) is 0 Å². The molecular formula is C2H10N2O4S. The Morgan fingerprint density at radius 3 is 1.22 bits per heavy atom. The second-order valence-corrected chi connectivity index (χ2v) is 1.84. The van der Waals surface area contributed by atoms with E-state index in [1.54, 1.807) is 0 Å². The summed E-state index contributed by atoms with van der Waals surface area (Å²) in [5.74, 6) is 0. The molecule has 0 aromatic carbocycles. The quantitative estimate of drug-likeness (QED) is 0.279. The highest BCUT2D eigenvalue weighted by molar-refractivity contribution is 7.79. The number of rotatable bonds is 1. The summed E-state index contributed by atoms with van der Waals surface area (Å²) in [7, 11) is -1.03. The summed E-state index contributed by atoms with van der Waals surface area (Å²) in [6, 6.07) is 0. The zero-order chi connectivity index (χ0) is 7.91. The van der Waals surface area contributed by atoms with Crippen LogP contribution in [0.5, 0.6) is 0 Å². The molecule has 0 atom stereocenters. The maximum atomic E-state index is 8.74. The van der Waals surface area contributed by atoms with E-state index in [1.807, 2.05) is 14.1 Å². The second kappa shape index (κ2) is 5.92. The van der Waals surface area contributed by atoms with Crippen molar-refractivity contribution < 1.29 is 17.5 Å². The van der Waals surface area contributed by atoms with Crippen LogP contribution in [0.2, 0.25) is 0 Å². The Kier molecular flexibility index (Phi) is 7.61. The number of hydrazine groups is 1. The predicted molar refractivity (Wildman–Crippen MR) is 32.3 cm³/mol. The van der Waals surface area contributed by atoms with Gasteiger partial charge in [0.25, 0.3) is 0 Å². The molecular weight excluding hydrogens is 148 g/mol. The Labute approximate surface area is 53.8 Å². The Hall–Kier alpha value is -0.210. The summed E-state index contributed by atoms with van der Waals surface area (Å²) in [6.45, 7) is 0. The van der Waals surface area contributed by atoms with E-state index >= 15 is 0 Å². The summed E-state index contributed by atoms with van der Waals surface area (Å²) in [4.78, 5) is 0. The lowest BCUT2D eigenvalue weighted by atomic mass is 11.4. The van der Waals surface area contributed by atoms with E-state index in [1.165, 1.54) is 0 Å². The highest BCUT2D eigenvalue weighted by Crippen LogP contribution is 1.59. The smallest absolute Gasteiger partial charge is 0.264 e. The first-order valence-electron chi connectivity index (χ1n) is 1.95. The van der Waals surface area contributed by atoms with Gasteiger partial charge in [0, 0.05) is 0 Å². The van der Waals surface area contributed by atoms with E-state index in [0.717, 1.165) is 0 Å². The highest BCUT2D eigenvalue weighted by atomic mass is 32.3. The molecule has 4 N–H and O–H groups in total. The first-order chi connectivity index (χ1) is 3.91. The Morgan fingerprint density at radius 1 is 1.11 bits per heavy atom. The molecule has 0 aliphatic rings. The van der Waals surface area contributed by atoms with Crippen LogP contribution in [0, 0.1) is 0 Å². The van der Waals surface area contributed by atoms with Gasteiger partial charge in [0.05, 0.1) is 0 Å². The van der Waals surface area contributed by atoms with Gasteiger partial charge in [0.15, 0.2) is 0 Å². The molecule has 0 heterocycles. The van der Waals surface area contributed by atoms with Gasteiger partial charge in [0.1, 0.15) is 0 Å². The number of hydrogen-bond donors (Lipinski definition) is 4. The lowest BCUT2D eigenvalue weighted by Gasteiger charge is -1.81. The summed E-state index contributed by atoms with van der Waals surface area (Å²) < 4.78 is 31.6. The van der Waals surface area contributed by atoms with Gasteiger partial charge in [-0.05, 0) is 14.1 Å². The van der Waals surface area contributed by atoms with Crippen LogP contribution < -0.4 is 10.9 Å². The monoisotopic (exact) mass is 158 g/mol. The lowest BCUT2D eigenvalue weighted by molar-refractivity contribution is 0.381. The van der Waals surface area contributed by atoms with Crippen molar-refractivity contribution in [3.8, 4) is 0 Å². The summed E-state index contributed by atoms with van der Waals surface area (Å²) >= 11 is 0. The van der Waals surface area contributed by atoms with E-state index in [4.69, 9.17) is 17.5 Å². The van der Waals surface area contributed by atoms with Crippen molar-refractivity contribution in [3.05, 3.63) is 0 Å². The van der Waals surface area contributed by atoms with Crippen LogP contribution in [-0.2, 0) is 10.4 Å². The Bertz CT molecular complexity index is 120. The first kappa shape index (κ1) is 11.6. The minimum absolute atomic E-state index is 1.82. The molecule has 0 unspecified atom stereocenters. The van der Waals surface area contributed by atoms with Crippen LogP contribution in [0.1, 0.15) is 0 Å². The molecule has 0 radical (unpaired) electrons. The molecule has 0 amide bonds. The second-order valence-electron chi connectivity index (χ2n) is 0.948. The van der Waals surface area contributed by atoms with Crippen molar-refractivity contribution in [1.82, 2.24) is 10.9 Å². The predicted octanol–water partition coefficient (Wildman–Crippen LogP) is -1.31. The molecule has 0 saturated heterocycles. The van der Waals surface area contributed by atoms with Crippen molar-refractivity contribution >= 4 is 10.4 Å². The summed E-state index contributed by atoms with van der Waals surface area (Å²) in [5.41, 5.74) is 5.36. The molecule has 0 rings (SSSR count). The fourth-order valence-electron chi connectivity index (χ4n) is 0. The fraction of sp³-hybridized carbons (Fsp3) is 1.00. The third-order valence-corrected chi connectivity index (χ3v) is 0.250. The maximum Gasteiger partial charge on any atom is 0.394 e. The van der Waals surface area contributed by atoms with Gasteiger partial charge in [-0.3, -0.25) is 20.0 Å². The van der Waals surface area contributed by atoms with Gasteiger partial charge in [-0.2, -0.15) is 8.42 Å². The average Bonchev–Trinajstić information content (AvgIpc) is 1.61. The molecule has 9 heavy (non-hydrogen) atoms. The minimum Gasteiger partial charge on any atom is -0.264 e. The van der Waals surface area contributed by atoms with Crippen LogP contribution in [0.3, 0.4) is 0 Å². The molecule has 0 aliphatic carbocycles. The highest BCUT2D eigenvalue weighted by Gasteiger charge is 1.84. The molecule has 7 heteroatoms. The summed E-state index contributed by atoms with van der Waals surface area (Å²) in [6.07, 6.45) is 0. The van der Waals surface area contributed by atoms with Gasteiger partial charge < -0.3 is 0 Å². The Morgan fingerprint density at radius 2 is 1.22 bits per heavy atom. The van der Waals surface area contributed by atoms with E-state index < -0.39 is 10.4 Å². The van der Waals surface area contributed by atoms with Gasteiger partial charge in [-0.25, -0.2) is 0 Å². The lowest BCUT2D eigenvalue weighted by Crippen LogP contribution is -2.21. The molecule has 0 spiro atoms. The molecule has 0 aromatic rings. The Balaban J connectivity index is 0. The van der Waals surface area contributed by atoms with E-state index in [0.29, 0.717) is 0 Å². The average molecular weight is 158 g/mol. The van der Waals surface area contributed by atoms with Gasteiger partial charge >= 0.3 is 10.4 Å². The number of nitrogens with one attached hydrogen (secondary N) is 2.